The SMILES string of the molecule is FC(F)(F)c1ccccc1Cn1cncc1C1CCCN1. The van der Waals surface area contributed by atoms with Crippen LogP contribution < -0.4 is 5.32 Å². The first-order valence-electron chi connectivity index (χ1n) is 6.94. The molecule has 1 aromatic carbocycles. The molecule has 1 fully saturated rings. The molecule has 3 rings (SSSR count). The summed E-state index contributed by atoms with van der Waals surface area (Å²) in [7, 11) is 0. The van der Waals surface area contributed by atoms with E-state index in [0.717, 1.165) is 31.1 Å². The van der Waals surface area contributed by atoms with Crippen LogP contribution in [0.25, 0.3) is 0 Å². The molecule has 0 radical (unpaired) electrons. The lowest BCUT2D eigenvalue weighted by Crippen LogP contribution is -2.18. The Morgan fingerprint density at radius 3 is 2.81 bits per heavy atom. The van der Waals surface area contributed by atoms with E-state index >= 15 is 0 Å². The Hall–Kier alpha value is -1.82. The van der Waals surface area contributed by atoms with Gasteiger partial charge >= 0.3 is 6.18 Å². The maximum absolute atomic E-state index is 13.0. The lowest BCUT2D eigenvalue weighted by atomic mass is 10.1. The average molecular weight is 295 g/mol. The molecule has 2 heterocycles. The van der Waals surface area contributed by atoms with Gasteiger partial charge in [0, 0.05) is 18.8 Å². The molecule has 1 saturated heterocycles. The smallest absolute Gasteiger partial charge is 0.329 e. The van der Waals surface area contributed by atoms with Crippen molar-refractivity contribution >= 4 is 0 Å². The van der Waals surface area contributed by atoms with E-state index in [4.69, 9.17) is 0 Å². The van der Waals surface area contributed by atoms with Gasteiger partial charge in [-0.25, -0.2) is 4.98 Å². The molecule has 1 aliphatic rings. The molecule has 6 heteroatoms. The van der Waals surface area contributed by atoms with Gasteiger partial charge in [-0.2, -0.15) is 13.2 Å². The summed E-state index contributed by atoms with van der Waals surface area (Å²) in [6.07, 6.45) is 1.08. The summed E-state index contributed by atoms with van der Waals surface area (Å²) < 4.78 is 40.9. The Morgan fingerprint density at radius 1 is 1.29 bits per heavy atom. The molecule has 1 N–H and O–H groups in total. The van der Waals surface area contributed by atoms with Crippen LogP contribution in [0, 0.1) is 0 Å². The van der Waals surface area contributed by atoms with E-state index in [1.54, 1.807) is 23.2 Å². The third-order valence-corrected chi connectivity index (χ3v) is 3.83. The minimum Gasteiger partial charge on any atom is -0.329 e. The quantitative estimate of drug-likeness (QED) is 0.941. The van der Waals surface area contributed by atoms with Crippen molar-refractivity contribution in [2.75, 3.05) is 6.54 Å². The largest absolute Gasteiger partial charge is 0.416 e. The predicted molar refractivity (Wildman–Crippen MR) is 72.8 cm³/mol. The fourth-order valence-electron chi connectivity index (χ4n) is 2.81. The van der Waals surface area contributed by atoms with Crippen LogP contribution >= 0.6 is 0 Å². The van der Waals surface area contributed by atoms with Gasteiger partial charge in [0.1, 0.15) is 0 Å². The normalized spacial score (nSPS) is 19.1. The van der Waals surface area contributed by atoms with Crippen LogP contribution in [0.3, 0.4) is 0 Å². The second-order valence-corrected chi connectivity index (χ2v) is 5.25. The van der Waals surface area contributed by atoms with E-state index in [-0.39, 0.29) is 18.2 Å². The Labute approximate surface area is 120 Å². The van der Waals surface area contributed by atoms with Gasteiger partial charge in [0.2, 0.25) is 0 Å². The number of nitrogens with zero attached hydrogens (tertiary/aromatic N) is 2. The molecule has 2 aromatic rings. The number of nitrogens with one attached hydrogen (secondary N) is 1. The highest BCUT2D eigenvalue weighted by molar-refractivity contribution is 5.30. The summed E-state index contributed by atoms with van der Waals surface area (Å²) >= 11 is 0. The van der Waals surface area contributed by atoms with Crippen molar-refractivity contribution in [1.29, 1.82) is 0 Å². The van der Waals surface area contributed by atoms with Crippen LogP contribution in [0.4, 0.5) is 13.2 Å². The zero-order valence-corrected chi connectivity index (χ0v) is 11.4. The van der Waals surface area contributed by atoms with Gasteiger partial charge in [0.05, 0.1) is 17.6 Å². The molecule has 0 spiro atoms. The third-order valence-electron chi connectivity index (χ3n) is 3.83. The maximum Gasteiger partial charge on any atom is 0.416 e. The lowest BCUT2D eigenvalue weighted by Gasteiger charge is -2.17. The molecule has 1 aliphatic heterocycles. The Balaban J connectivity index is 1.90. The van der Waals surface area contributed by atoms with Crippen molar-refractivity contribution in [2.24, 2.45) is 0 Å². The maximum atomic E-state index is 13.0. The second-order valence-electron chi connectivity index (χ2n) is 5.25. The van der Waals surface area contributed by atoms with Gasteiger partial charge < -0.3 is 9.88 Å². The molecule has 0 bridgehead atoms. The first-order valence-corrected chi connectivity index (χ1v) is 6.94. The van der Waals surface area contributed by atoms with Crippen molar-refractivity contribution < 1.29 is 13.2 Å². The van der Waals surface area contributed by atoms with Crippen LogP contribution in [0.2, 0.25) is 0 Å². The summed E-state index contributed by atoms with van der Waals surface area (Å²) in [6, 6.07) is 5.88. The lowest BCUT2D eigenvalue weighted by molar-refractivity contribution is -0.138. The first kappa shape index (κ1) is 14.1. The Kier molecular flexibility index (Phi) is 3.71. The highest BCUT2D eigenvalue weighted by Crippen LogP contribution is 2.32. The Bertz CT molecular complexity index is 613. The van der Waals surface area contributed by atoms with Crippen LogP contribution in [0.5, 0.6) is 0 Å². The standard InChI is InChI=1S/C15H16F3N3/c16-15(17,18)12-5-2-1-4-11(12)9-21-10-19-8-14(21)13-6-3-7-20-13/h1-2,4-5,8,10,13,20H,3,6-7,9H2. The van der Waals surface area contributed by atoms with Gasteiger partial charge in [0.25, 0.3) is 0 Å². The highest BCUT2D eigenvalue weighted by atomic mass is 19.4. The van der Waals surface area contributed by atoms with Crippen molar-refractivity contribution in [3.63, 3.8) is 0 Å². The number of halogens is 3. The van der Waals surface area contributed by atoms with E-state index in [1.165, 1.54) is 12.1 Å². The van der Waals surface area contributed by atoms with E-state index in [0.29, 0.717) is 0 Å². The van der Waals surface area contributed by atoms with E-state index in [9.17, 15) is 13.2 Å². The molecule has 112 valence electrons. The minimum absolute atomic E-state index is 0.184. The van der Waals surface area contributed by atoms with Crippen molar-refractivity contribution in [3.05, 3.63) is 53.6 Å². The topological polar surface area (TPSA) is 29.9 Å². The number of hydrogen-bond donors (Lipinski definition) is 1. The number of imidazole rings is 1. The van der Waals surface area contributed by atoms with Crippen LogP contribution in [0.1, 0.15) is 35.7 Å². The molecule has 21 heavy (non-hydrogen) atoms. The molecule has 0 amide bonds. The fraction of sp³-hybridized carbons (Fsp3) is 0.400. The van der Waals surface area contributed by atoms with Gasteiger partial charge in [-0.15, -0.1) is 0 Å². The molecule has 0 aliphatic carbocycles. The van der Waals surface area contributed by atoms with Crippen molar-refractivity contribution in [1.82, 2.24) is 14.9 Å². The molecule has 1 unspecified atom stereocenters. The average Bonchev–Trinajstić information content (AvgIpc) is 3.08. The van der Waals surface area contributed by atoms with Gasteiger partial charge in [0.15, 0.2) is 0 Å². The van der Waals surface area contributed by atoms with Gasteiger partial charge in [-0.1, -0.05) is 18.2 Å². The summed E-state index contributed by atoms with van der Waals surface area (Å²) in [5.74, 6) is 0. The predicted octanol–water partition coefficient (Wildman–Crippen LogP) is 3.37. The fourth-order valence-corrected chi connectivity index (χ4v) is 2.81. The van der Waals surface area contributed by atoms with Gasteiger partial charge in [-0.05, 0) is 31.0 Å². The Morgan fingerprint density at radius 2 is 2.10 bits per heavy atom. The number of benzene rings is 1. The number of alkyl halides is 3. The number of aromatic nitrogens is 2. The van der Waals surface area contributed by atoms with Gasteiger partial charge in [-0.3, -0.25) is 0 Å². The van der Waals surface area contributed by atoms with Crippen LogP contribution in [0.15, 0.2) is 36.8 Å². The van der Waals surface area contributed by atoms with Crippen LogP contribution in [-0.4, -0.2) is 16.1 Å². The molecule has 1 aromatic heterocycles. The molecular weight excluding hydrogens is 279 g/mol. The molecular formula is C15H16F3N3. The molecule has 0 saturated carbocycles. The monoisotopic (exact) mass is 295 g/mol. The van der Waals surface area contributed by atoms with Crippen molar-refractivity contribution in [3.8, 4) is 0 Å². The summed E-state index contributed by atoms with van der Waals surface area (Å²) in [6.45, 7) is 1.12. The molecule has 3 nitrogen and oxygen atoms in total. The minimum atomic E-state index is -4.33. The van der Waals surface area contributed by atoms with Crippen molar-refractivity contribution in [2.45, 2.75) is 31.6 Å². The summed E-state index contributed by atoms with van der Waals surface area (Å²) in [4.78, 5) is 4.10. The van der Waals surface area contributed by atoms with Crippen LogP contribution in [-0.2, 0) is 12.7 Å². The van der Waals surface area contributed by atoms with E-state index in [2.05, 4.69) is 10.3 Å². The zero-order chi connectivity index (χ0) is 14.9. The highest BCUT2D eigenvalue weighted by Gasteiger charge is 2.33. The zero-order valence-electron chi connectivity index (χ0n) is 11.4. The summed E-state index contributed by atoms with van der Waals surface area (Å²) in [5.41, 5.74) is 0.635. The number of hydrogen-bond acceptors (Lipinski definition) is 2. The third kappa shape index (κ3) is 2.95. The van der Waals surface area contributed by atoms with E-state index in [1.807, 2.05) is 0 Å². The second kappa shape index (κ2) is 5.52. The first-order chi connectivity index (χ1) is 10.1. The number of rotatable bonds is 3. The van der Waals surface area contributed by atoms with E-state index < -0.39 is 11.7 Å². The summed E-state index contributed by atoms with van der Waals surface area (Å²) in [5, 5.41) is 3.35. The molecule has 1 atom stereocenters.